The molecule has 0 amide bonds. The first kappa shape index (κ1) is 16.4. The highest BCUT2D eigenvalue weighted by molar-refractivity contribution is 7.89. The molecule has 5 nitrogen and oxygen atoms in total. The van der Waals surface area contributed by atoms with Crippen molar-refractivity contribution in [2.24, 2.45) is 11.7 Å². The van der Waals surface area contributed by atoms with E-state index in [-0.39, 0.29) is 17.5 Å². The number of nitrogens with two attached hydrogens (primary N) is 1. The average molecular weight is 311 g/mol. The van der Waals surface area contributed by atoms with Crippen molar-refractivity contribution in [1.82, 2.24) is 9.29 Å². The van der Waals surface area contributed by atoms with Crippen LogP contribution in [0.1, 0.15) is 44.7 Å². The Hall–Kier alpha value is -0.980. The second kappa shape index (κ2) is 6.85. The highest BCUT2D eigenvalue weighted by Crippen LogP contribution is 2.31. The van der Waals surface area contributed by atoms with Gasteiger partial charge in [-0.2, -0.15) is 4.31 Å². The second-order valence-corrected chi connectivity index (χ2v) is 7.72. The Morgan fingerprint density at radius 1 is 1.33 bits per heavy atom. The van der Waals surface area contributed by atoms with Crippen LogP contribution in [0.5, 0.6) is 0 Å². The minimum absolute atomic E-state index is 0.0867. The van der Waals surface area contributed by atoms with Crippen LogP contribution < -0.4 is 5.73 Å². The van der Waals surface area contributed by atoms with Gasteiger partial charge < -0.3 is 5.73 Å². The summed E-state index contributed by atoms with van der Waals surface area (Å²) in [5, 5.41) is 0. The molecule has 118 valence electrons. The van der Waals surface area contributed by atoms with E-state index in [1.165, 1.54) is 10.7 Å². The van der Waals surface area contributed by atoms with E-state index >= 15 is 0 Å². The molecule has 0 bridgehead atoms. The van der Waals surface area contributed by atoms with Gasteiger partial charge in [-0.25, -0.2) is 8.42 Å². The lowest BCUT2D eigenvalue weighted by atomic mass is 9.85. The molecule has 1 aromatic rings. The zero-order valence-corrected chi connectivity index (χ0v) is 13.6. The number of aromatic nitrogens is 1. The van der Waals surface area contributed by atoms with Crippen LogP contribution in [-0.4, -0.2) is 30.8 Å². The van der Waals surface area contributed by atoms with Gasteiger partial charge in [0.2, 0.25) is 10.0 Å². The predicted octanol–water partition coefficient (Wildman–Crippen LogP) is 2.13. The van der Waals surface area contributed by atoms with Crippen molar-refractivity contribution in [2.75, 3.05) is 7.05 Å². The van der Waals surface area contributed by atoms with Gasteiger partial charge in [-0.1, -0.05) is 13.3 Å². The van der Waals surface area contributed by atoms with E-state index in [1.54, 1.807) is 25.4 Å². The third-order valence-corrected chi connectivity index (χ3v) is 6.59. The van der Waals surface area contributed by atoms with Crippen molar-refractivity contribution in [3.63, 3.8) is 0 Å². The quantitative estimate of drug-likeness (QED) is 0.904. The van der Waals surface area contributed by atoms with Gasteiger partial charge in [-0.05, 0) is 43.7 Å². The fourth-order valence-corrected chi connectivity index (χ4v) is 4.68. The van der Waals surface area contributed by atoms with E-state index in [0.717, 1.165) is 31.6 Å². The first-order chi connectivity index (χ1) is 10.0. The summed E-state index contributed by atoms with van der Waals surface area (Å²) in [5.74, 6) is 0.746. The van der Waals surface area contributed by atoms with Crippen molar-refractivity contribution in [1.29, 1.82) is 0 Å². The largest absolute Gasteiger partial charge is 0.325 e. The Labute approximate surface area is 127 Å². The van der Waals surface area contributed by atoms with Gasteiger partial charge in [0.05, 0.1) is 5.69 Å². The minimum atomic E-state index is -3.51. The van der Waals surface area contributed by atoms with Crippen molar-refractivity contribution in [2.45, 2.75) is 56.5 Å². The lowest BCUT2D eigenvalue weighted by Gasteiger charge is -2.33. The number of nitrogens with zero attached hydrogens (tertiary/aromatic N) is 2. The molecule has 0 spiro atoms. The molecule has 1 aromatic heterocycles. The third kappa shape index (κ3) is 3.44. The molecule has 21 heavy (non-hydrogen) atoms. The smallest absolute Gasteiger partial charge is 0.244 e. The first-order valence-corrected chi connectivity index (χ1v) is 9.06. The van der Waals surface area contributed by atoms with E-state index in [4.69, 9.17) is 5.73 Å². The molecule has 0 saturated heterocycles. The van der Waals surface area contributed by atoms with Gasteiger partial charge in [0.1, 0.15) is 4.90 Å². The van der Waals surface area contributed by atoms with Crippen LogP contribution in [0.2, 0.25) is 0 Å². The summed E-state index contributed by atoms with van der Waals surface area (Å²) >= 11 is 0. The van der Waals surface area contributed by atoms with Crippen LogP contribution in [-0.2, 0) is 16.6 Å². The van der Waals surface area contributed by atoms with Crippen LogP contribution in [0.4, 0.5) is 0 Å². The summed E-state index contributed by atoms with van der Waals surface area (Å²) < 4.78 is 27.1. The summed E-state index contributed by atoms with van der Waals surface area (Å²) in [4.78, 5) is 4.33. The fourth-order valence-electron chi connectivity index (χ4n) is 3.08. The maximum atomic E-state index is 12.8. The molecule has 6 heteroatoms. The molecular weight excluding hydrogens is 286 g/mol. The monoisotopic (exact) mass is 311 g/mol. The van der Waals surface area contributed by atoms with E-state index < -0.39 is 10.0 Å². The fraction of sp³-hybridized carbons (Fsp3) is 0.667. The van der Waals surface area contributed by atoms with Gasteiger partial charge in [0.25, 0.3) is 0 Å². The third-order valence-electron chi connectivity index (χ3n) is 4.61. The summed E-state index contributed by atoms with van der Waals surface area (Å²) in [5.41, 5.74) is 6.05. The van der Waals surface area contributed by atoms with Gasteiger partial charge in [0.15, 0.2) is 0 Å². The molecule has 2 N–H and O–H groups in total. The van der Waals surface area contributed by atoms with E-state index in [9.17, 15) is 8.42 Å². The molecule has 0 radical (unpaired) electrons. The normalized spacial score (nSPS) is 23.4. The van der Waals surface area contributed by atoms with Crippen molar-refractivity contribution >= 4 is 10.0 Å². The highest BCUT2D eigenvalue weighted by Gasteiger charge is 2.32. The first-order valence-electron chi connectivity index (χ1n) is 7.62. The molecule has 0 unspecified atom stereocenters. The maximum absolute atomic E-state index is 12.8. The van der Waals surface area contributed by atoms with Gasteiger partial charge in [-0.15, -0.1) is 0 Å². The van der Waals surface area contributed by atoms with Gasteiger partial charge in [0, 0.05) is 25.8 Å². The van der Waals surface area contributed by atoms with E-state index in [2.05, 4.69) is 11.9 Å². The van der Waals surface area contributed by atoms with Crippen molar-refractivity contribution in [3.8, 4) is 0 Å². The molecule has 0 aromatic carbocycles. The Kier molecular flexibility index (Phi) is 5.35. The highest BCUT2D eigenvalue weighted by atomic mass is 32.2. The molecule has 2 rings (SSSR count). The van der Waals surface area contributed by atoms with Crippen molar-refractivity contribution in [3.05, 3.63) is 24.0 Å². The standard InChI is InChI=1S/C15H25N3O2S/c1-3-12-6-8-13(9-7-12)18(2)21(19,20)15-5-4-10-17-14(15)11-16/h4-5,10,12-13H,3,6-9,11,16H2,1-2H3. The SMILES string of the molecule is CCC1CCC(N(C)S(=O)(=O)c2cccnc2CN)CC1. The molecular formula is C15H25N3O2S. The van der Waals surface area contributed by atoms with Crippen LogP contribution in [0.15, 0.2) is 23.2 Å². The summed E-state index contributed by atoms with van der Waals surface area (Å²) in [6.07, 6.45) is 6.85. The average Bonchev–Trinajstić information content (AvgIpc) is 2.54. The topological polar surface area (TPSA) is 76.3 Å². The summed E-state index contributed by atoms with van der Waals surface area (Å²) in [6, 6.07) is 3.33. The lowest BCUT2D eigenvalue weighted by Crippen LogP contribution is -2.39. The predicted molar refractivity (Wildman–Crippen MR) is 83.1 cm³/mol. The Bertz CT molecular complexity index is 566. The molecule has 1 fully saturated rings. The van der Waals surface area contributed by atoms with E-state index in [1.807, 2.05) is 0 Å². The Balaban J connectivity index is 2.19. The Morgan fingerprint density at radius 2 is 2.00 bits per heavy atom. The van der Waals surface area contributed by atoms with Crippen LogP contribution in [0, 0.1) is 5.92 Å². The number of hydrogen-bond donors (Lipinski definition) is 1. The maximum Gasteiger partial charge on any atom is 0.244 e. The van der Waals surface area contributed by atoms with Crippen LogP contribution in [0.25, 0.3) is 0 Å². The molecule has 0 atom stereocenters. The second-order valence-electron chi connectivity index (χ2n) is 5.76. The number of pyridine rings is 1. The number of sulfonamides is 1. The molecule has 1 heterocycles. The lowest BCUT2D eigenvalue weighted by molar-refractivity contribution is 0.233. The molecule has 0 aliphatic heterocycles. The van der Waals surface area contributed by atoms with Crippen LogP contribution in [0.3, 0.4) is 0 Å². The van der Waals surface area contributed by atoms with Crippen molar-refractivity contribution < 1.29 is 8.42 Å². The molecule has 1 aliphatic carbocycles. The van der Waals surface area contributed by atoms with Crippen LogP contribution >= 0.6 is 0 Å². The molecule has 1 aliphatic rings. The summed E-state index contributed by atoms with van der Waals surface area (Å²) in [6.45, 7) is 2.33. The van der Waals surface area contributed by atoms with Gasteiger partial charge in [-0.3, -0.25) is 4.98 Å². The Morgan fingerprint density at radius 3 is 2.57 bits per heavy atom. The number of rotatable bonds is 5. The van der Waals surface area contributed by atoms with Gasteiger partial charge >= 0.3 is 0 Å². The summed E-state index contributed by atoms with van der Waals surface area (Å²) in [7, 11) is -1.83. The zero-order chi connectivity index (χ0) is 15.5. The zero-order valence-electron chi connectivity index (χ0n) is 12.8. The van der Waals surface area contributed by atoms with E-state index in [0.29, 0.717) is 5.69 Å². The number of hydrogen-bond acceptors (Lipinski definition) is 4. The molecule has 1 saturated carbocycles. The minimum Gasteiger partial charge on any atom is -0.325 e.